The fourth-order valence-electron chi connectivity index (χ4n) is 2.69. The summed E-state index contributed by atoms with van der Waals surface area (Å²) in [6.45, 7) is 8.04. The molecule has 0 aliphatic carbocycles. The van der Waals surface area contributed by atoms with Gasteiger partial charge in [0.15, 0.2) is 0 Å². The van der Waals surface area contributed by atoms with Crippen molar-refractivity contribution in [3.63, 3.8) is 0 Å². The first-order valence-corrected chi connectivity index (χ1v) is 7.89. The van der Waals surface area contributed by atoms with E-state index in [1.165, 1.54) is 11.3 Å². The minimum absolute atomic E-state index is 0.0620. The van der Waals surface area contributed by atoms with Crippen LogP contribution in [-0.4, -0.2) is 28.9 Å². The highest BCUT2D eigenvalue weighted by Crippen LogP contribution is 2.37. The number of nitrogens with two attached hydrogens (primary N) is 1. The van der Waals surface area contributed by atoms with Gasteiger partial charge in [0, 0.05) is 18.5 Å². The van der Waals surface area contributed by atoms with Gasteiger partial charge in [0.25, 0.3) is 5.91 Å². The summed E-state index contributed by atoms with van der Waals surface area (Å²) in [6, 6.07) is -0.101. The molecule has 106 valence electrons. The molecule has 2 N–H and O–H groups in total. The summed E-state index contributed by atoms with van der Waals surface area (Å²) in [7, 11) is 0. The third-order valence-electron chi connectivity index (χ3n) is 4.36. The van der Waals surface area contributed by atoms with Crippen LogP contribution in [0.4, 0.5) is 0 Å². The average molecular weight is 281 g/mol. The smallest absolute Gasteiger partial charge is 0.273 e. The molecule has 1 aromatic heterocycles. The zero-order valence-corrected chi connectivity index (χ0v) is 12.8. The first kappa shape index (κ1) is 14.5. The van der Waals surface area contributed by atoms with E-state index < -0.39 is 0 Å². The van der Waals surface area contributed by atoms with Crippen molar-refractivity contribution in [2.75, 3.05) is 13.1 Å². The molecule has 5 heteroatoms. The van der Waals surface area contributed by atoms with E-state index in [0.29, 0.717) is 11.1 Å². The van der Waals surface area contributed by atoms with Gasteiger partial charge < -0.3 is 10.6 Å². The standard InChI is InChI=1S/C14H23N3OS/c1-4-14(5-2)6-7-17(9-14)13(18)11-8-19-12(16-11)10(3)15/h8,10H,4-7,9,15H2,1-3H3. The predicted molar refractivity (Wildman–Crippen MR) is 78.3 cm³/mol. The molecule has 0 spiro atoms. The van der Waals surface area contributed by atoms with Crippen molar-refractivity contribution in [1.29, 1.82) is 0 Å². The lowest BCUT2D eigenvalue weighted by Crippen LogP contribution is -2.32. The number of aromatic nitrogens is 1. The van der Waals surface area contributed by atoms with Crippen LogP contribution in [0, 0.1) is 5.41 Å². The van der Waals surface area contributed by atoms with E-state index in [-0.39, 0.29) is 11.9 Å². The van der Waals surface area contributed by atoms with Crippen LogP contribution in [0.3, 0.4) is 0 Å². The van der Waals surface area contributed by atoms with Crippen LogP contribution in [0.2, 0.25) is 0 Å². The number of rotatable bonds is 4. The molecule has 4 nitrogen and oxygen atoms in total. The summed E-state index contributed by atoms with van der Waals surface area (Å²) < 4.78 is 0. The number of carbonyl (C=O) groups is 1. The molecule has 1 amide bonds. The van der Waals surface area contributed by atoms with Crippen molar-refractivity contribution in [1.82, 2.24) is 9.88 Å². The Labute approximate surface area is 119 Å². The van der Waals surface area contributed by atoms with Gasteiger partial charge in [0.2, 0.25) is 0 Å². The molecule has 1 atom stereocenters. The summed E-state index contributed by atoms with van der Waals surface area (Å²) in [5, 5.41) is 2.67. The van der Waals surface area contributed by atoms with E-state index in [1.807, 2.05) is 17.2 Å². The van der Waals surface area contributed by atoms with E-state index in [4.69, 9.17) is 5.73 Å². The molecule has 2 heterocycles. The van der Waals surface area contributed by atoms with Crippen LogP contribution in [0.1, 0.15) is 61.6 Å². The van der Waals surface area contributed by atoms with Crippen molar-refractivity contribution in [2.45, 2.75) is 46.1 Å². The molecule has 0 bridgehead atoms. The summed E-state index contributed by atoms with van der Waals surface area (Å²) in [4.78, 5) is 18.7. The van der Waals surface area contributed by atoms with Gasteiger partial charge in [-0.1, -0.05) is 13.8 Å². The number of thiazole rings is 1. The van der Waals surface area contributed by atoms with Crippen molar-refractivity contribution < 1.29 is 4.79 Å². The van der Waals surface area contributed by atoms with Gasteiger partial charge in [-0.15, -0.1) is 11.3 Å². The molecule has 1 fully saturated rings. The van der Waals surface area contributed by atoms with Gasteiger partial charge in [0.05, 0.1) is 6.04 Å². The molecule has 19 heavy (non-hydrogen) atoms. The molecule has 1 saturated heterocycles. The predicted octanol–water partition coefficient (Wildman–Crippen LogP) is 2.82. The van der Waals surface area contributed by atoms with Crippen molar-refractivity contribution >= 4 is 17.2 Å². The van der Waals surface area contributed by atoms with E-state index in [2.05, 4.69) is 18.8 Å². The van der Waals surface area contributed by atoms with E-state index in [1.54, 1.807) is 0 Å². The van der Waals surface area contributed by atoms with E-state index >= 15 is 0 Å². The lowest BCUT2D eigenvalue weighted by Gasteiger charge is -2.26. The molecule has 1 aromatic rings. The normalized spacial score (nSPS) is 19.7. The van der Waals surface area contributed by atoms with Crippen molar-refractivity contribution in [3.05, 3.63) is 16.1 Å². The van der Waals surface area contributed by atoms with Crippen LogP contribution in [0.5, 0.6) is 0 Å². The molecular formula is C14H23N3OS. The van der Waals surface area contributed by atoms with Crippen molar-refractivity contribution in [3.8, 4) is 0 Å². The van der Waals surface area contributed by atoms with Gasteiger partial charge in [-0.05, 0) is 31.6 Å². The zero-order chi connectivity index (χ0) is 14.0. The maximum Gasteiger partial charge on any atom is 0.273 e. The Kier molecular flexibility index (Phi) is 4.26. The Hall–Kier alpha value is -0.940. The number of carbonyl (C=O) groups excluding carboxylic acids is 1. The Morgan fingerprint density at radius 2 is 2.26 bits per heavy atom. The minimum atomic E-state index is -0.101. The quantitative estimate of drug-likeness (QED) is 0.923. The average Bonchev–Trinajstić information content (AvgIpc) is 3.05. The fraction of sp³-hybridized carbons (Fsp3) is 0.714. The third kappa shape index (κ3) is 2.82. The van der Waals surface area contributed by atoms with Crippen molar-refractivity contribution in [2.24, 2.45) is 11.1 Å². The van der Waals surface area contributed by atoms with Gasteiger partial charge in [-0.2, -0.15) is 0 Å². The van der Waals surface area contributed by atoms with E-state index in [0.717, 1.165) is 37.4 Å². The maximum absolute atomic E-state index is 12.4. The van der Waals surface area contributed by atoms with Crippen LogP contribution in [0.25, 0.3) is 0 Å². The molecule has 1 aliphatic heterocycles. The van der Waals surface area contributed by atoms with Gasteiger partial charge in [-0.3, -0.25) is 4.79 Å². The molecule has 1 unspecified atom stereocenters. The highest BCUT2D eigenvalue weighted by atomic mass is 32.1. The van der Waals surface area contributed by atoms with Gasteiger partial charge in [-0.25, -0.2) is 4.98 Å². The second-order valence-corrected chi connectivity index (χ2v) is 6.43. The topological polar surface area (TPSA) is 59.2 Å². The fourth-order valence-corrected chi connectivity index (χ4v) is 3.44. The zero-order valence-electron chi connectivity index (χ0n) is 12.0. The third-order valence-corrected chi connectivity index (χ3v) is 5.40. The number of hydrogen-bond acceptors (Lipinski definition) is 4. The SMILES string of the molecule is CCC1(CC)CCN(C(=O)c2csc(C(C)N)n2)C1. The van der Waals surface area contributed by atoms with Crippen LogP contribution in [-0.2, 0) is 0 Å². The second kappa shape index (κ2) is 5.59. The Morgan fingerprint density at radius 1 is 1.58 bits per heavy atom. The van der Waals surface area contributed by atoms with Crippen LogP contribution in [0.15, 0.2) is 5.38 Å². The number of nitrogens with zero attached hydrogens (tertiary/aromatic N) is 2. The van der Waals surface area contributed by atoms with Crippen LogP contribution >= 0.6 is 11.3 Å². The summed E-state index contributed by atoms with van der Waals surface area (Å²) in [6.07, 6.45) is 3.38. The molecule has 1 aliphatic rings. The van der Waals surface area contributed by atoms with Crippen LogP contribution < -0.4 is 5.73 Å². The first-order valence-electron chi connectivity index (χ1n) is 7.01. The Balaban J connectivity index is 2.08. The molecule has 0 aromatic carbocycles. The summed E-state index contributed by atoms with van der Waals surface area (Å²) >= 11 is 1.47. The first-order chi connectivity index (χ1) is 9.01. The largest absolute Gasteiger partial charge is 0.337 e. The number of hydrogen-bond donors (Lipinski definition) is 1. The number of amides is 1. The Bertz CT molecular complexity index is 451. The Morgan fingerprint density at radius 3 is 2.74 bits per heavy atom. The molecular weight excluding hydrogens is 258 g/mol. The van der Waals surface area contributed by atoms with E-state index in [9.17, 15) is 4.79 Å². The summed E-state index contributed by atoms with van der Waals surface area (Å²) in [5.41, 5.74) is 6.66. The highest BCUT2D eigenvalue weighted by Gasteiger charge is 2.37. The molecule has 0 saturated carbocycles. The lowest BCUT2D eigenvalue weighted by molar-refractivity contribution is 0.0764. The van der Waals surface area contributed by atoms with Gasteiger partial charge in [0.1, 0.15) is 10.7 Å². The maximum atomic E-state index is 12.4. The molecule has 0 radical (unpaired) electrons. The monoisotopic (exact) mass is 281 g/mol. The summed E-state index contributed by atoms with van der Waals surface area (Å²) in [5.74, 6) is 0.0620. The second-order valence-electron chi connectivity index (χ2n) is 5.54. The highest BCUT2D eigenvalue weighted by molar-refractivity contribution is 7.09. The molecule has 2 rings (SSSR count). The number of likely N-dealkylation sites (tertiary alicyclic amines) is 1. The van der Waals surface area contributed by atoms with Gasteiger partial charge >= 0.3 is 0 Å². The lowest BCUT2D eigenvalue weighted by atomic mass is 9.82. The minimum Gasteiger partial charge on any atom is -0.337 e.